The maximum absolute atomic E-state index is 11.9. The smallest absolute Gasteiger partial charge is 0.233 e. The van der Waals surface area contributed by atoms with Crippen molar-refractivity contribution in [1.29, 1.82) is 0 Å². The van der Waals surface area contributed by atoms with Gasteiger partial charge in [0.25, 0.3) is 0 Å². The molecule has 0 saturated carbocycles. The molecule has 0 atom stereocenters. The van der Waals surface area contributed by atoms with E-state index in [1.165, 1.54) is 0 Å². The molecule has 0 bridgehead atoms. The normalized spacial score (nSPS) is 19.5. The van der Waals surface area contributed by atoms with E-state index in [1.807, 2.05) is 0 Å². The van der Waals surface area contributed by atoms with Gasteiger partial charge in [0.15, 0.2) is 5.84 Å². The molecule has 1 fully saturated rings. The monoisotopic (exact) mass is 229 g/mol. The maximum atomic E-state index is 11.9. The molecule has 6 nitrogen and oxygen atoms in total. The zero-order valence-corrected chi connectivity index (χ0v) is 9.69. The molecule has 0 unspecified atom stereocenters. The lowest BCUT2D eigenvalue weighted by Crippen LogP contribution is -2.50. The summed E-state index contributed by atoms with van der Waals surface area (Å²) in [5.41, 5.74) is 4.48. The SMILES string of the molecule is CC(C)(C(=O)NC1CCOCC1)C(N)=NO. The largest absolute Gasteiger partial charge is 0.409 e. The van der Waals surface area contributed by atoms with E-state index in [0.29, 0.717) is 13.2 Å². The van der Waals surface area contributed by atoms with Crippen LogP contribution in [0.25, 0.3) is 0 Å². The number of amides is 1. The standard InChI is InChI=1S/C10H19N3O3/c1-10(2,8(11)13-15)9(14)12-7-3-5-16-6-4-7/h7,15H,3-6H2,1-2H3,(H2,11,13)(H,12,14). The second kappa shape index (κ2) is 5.16. The molecule has 92 valence electrons. The summed E-state index contributed by atoms with van der Waals surface area (Å²) in [5, 5.41) is 14.4. The van der Waals surface area contributed by atoms with Crippen LogP contribution in [0, 0.1) is 5.41 Å². The van der Waals surface area contributed by atoms with Crippen molar-refractivity contribution in [2.24, 2.45) is 16.3 Å². The second-order valence-electron chi connectivity index (χ2n) is 4.47. The number of carbonyl (C=O) groups excluding carboxylic acids is 1. The number of amidine groups is 1. The number of nitrogens with two attached hydrogens (primary N) is 1. The Morgan fingerprint density at radius 3 is 2.56 bits per heavy atom. The van der Waals surface area contributed by atoms with E-state index in [1.54, 1.807) is 13.8 Å². The van der Waals surface area contributed by atoms with Crippen LogP contribution in [0.5, 0.6) is 0 Å². The molecule has 0 aromatic heterocycles. The lowest BCUT2D eigenvalue weighted by Gasteiger charge is -2.28. The summed E-state index contributed by atoms with van der Waals surface area (Å²) in [4.78, 5) is 11.9. The van der Waals surface area contributed by atoms with Crippen LogP contribution in [0.15, 0.2) is 5.16 Å². The van der Waals surface area contributed by atoms with Gasteiger partial charge in [-0.1, -0.05) is 5.16 Å². The fraction of sp³-hybridized carbons (Fsp3) is 0.800. The minimum Gasteiger partial charge on any atom is -0.409 e. The van der Waals surface area contributed by atoms with Gasteiger partial charge in [0.1, 0.15) is 5.41 Å². The minimum atomic E-state index is -0.993. The van der Waals surface area contributed by atoms with Crippen molar-refractivity contribution in [3.63, 3.8) is 0 Å². The Labute approximate surface area is 94.8 Å². The highest BCUT2D eigenvalue weighted by molar-refractivity contribution is 6.05. The van der Waals surface area contributed by atoms with Crippen LogP contribution in [0.3, 0.4) is 0 Å². The van der Waals surface area contributed by atoms with E-state index in [-0.39, 0.29) is 17.8 Å². The summed E-state index contributed by atoms with van der Waals surface area (Å²) >= 11 is 0. The number of nitrogens with zero attached hydrogens (tertiary/aromatic N) is 1. The molecule has 16 heavy (non-hydrogen) atoms. The molecule has 1 aliphatic rings. The summed E-state index contributed by atoms with van der Waals surface area (Å²) in [5.74, 6) is -0.313. The molecule has 4 N–H and O–H groups in total. The fourth-order valence-electron chi connectivity index (χ4n) is 1.45. The van der Waals surface area contributed by atoms with E-state index in [4.69, 9.17) is 15.7 Å². The Morgan fingerprint density at radius 1 is 1.50 bits per heavy atom. The first-order valence-electron chi connectivity index (χ1n) is 5.35. The molecule has 1 saturated heterocycles. The Bertz CT molecular complexity index is 283. The zero-order chi connectivity index (χ0) is 12.2. The van der Waals surface area contributed by atoms with Gasteiger partial charge in [-0.25, -0.2) is 0 Å². The molecular weight excluding hydrogens is 210 g/mol. The first kappa shape index (κ1) is 12.8. The van der Waals surface area contributed by atoms with Crippen LogP contribution < -0.4 is 11.1 Å². The third-order valence-corrected chi connectivity index (χ3v) is 2.87. The summed E-state index contributed by atoms with van der Waals surface area (Å²) in [6.07, 6.45) is 1.61. The lowest BCUT2D eigenvalue weighted by molar-refractivity contribution is -0.127. The van der Waals surface area contributed by atoms with Crippen LogP contribution >= 0.6 is 0 Å². The Balaban J connectivity index is 2.56. The first-order valence-corrected chi connectivity index (χ1v) is 5.35. The number of rotatable bonds is 3. The number of oxime groups is 1. The summed E-state index contributed by atoms with van der Waals surface area (Å²) in [6, 6.07) is 0.118. The fourth-order valence-corrected chi connectivity index (χ4v) is 1.45. The Morgan fingerprint density at radius 2 is 2.06 bits per heavy atom. The molecule has 0 radical (unpaired) electrons. The number of carbonyl (C=O) groups is 1. The van der Waals surface area contributed by atoms with E-state index in [0.717, 1.165) is 12.8 Å². The molecule has 0 aromatic rings. The number of nitrogens with one attached hydrogen (secondary N) is 1. The average Bonchev–Trinajstić information content (AvgIpc) is 2.29. The second-order valence-corrected chi connectivity index (χ2v) is 4.47. The molecule has 1 amide bonds. The molecule has 1 rings (SSSR count). The van der Waals surface area contributed by atoms with Crippen molar-refractivity contribution in [3.05, 3.63) is 0 Å². The topological polar surface area (TPSA) is 96.9 Å². The van der Waals surface area contributed by atoms with Gasteiger partial charge in [-0.05, 0) is 26.7 Å². The van der Waals surface area contributed by atoms with Crippen LogP contribution in [-0.4, -0.2) is 36.2 Å². The van der Waals surface area contributed by atoms with Gasteiger partial charge < -0.3 is 21.0 Å². The van der Waals surface area contributed by atoms with E-state index in [2.05, 4.69) is 10.5 Å². The minimum absolute atomic E-state index is 0.0861. The van der Waals surface area contributed by atoms with Crippen molar-refractivity contribution in [2.45, 2.75) is 32.7 Å². The molecule has 1 aliphatic heterocycles. The highest BCUT2D eigenvalue weighted by atomic mass is 16.5. The van der Waals surface area contributed by atoms with Gasteiger partial charge in [0.2, 0.25) is 5.91 Å². The van der Waals surface area contributed by atoms with Gasteiger partial charge in [-0.3, -0.25) is 4.79 Å². The quantitative estimate of drug-likeness (QED) is 0.276. The van der Waals surface area contributed by atoms with E-state index >= 15 is 0 Å². The predicted molar refractivity (Wildman–Crippen MR) is 59.2 cm³/mol. The molecule has 0 aliphatic carbocycles. The number of ether oxygens (including phenoxy) is 1. The predicted octanol–water partition coefficient (Wildman–Crippen LogP) is 0.0542. The first-order chi connectivity index (χ1) is 7.48. The zero-order valence-electron chi connectivity index (χ0n) is 9.69. The van der Waals surface area contributed by atoms with Crippen LogP contribution in [0.1, 0.15) is 26.7 Å². The van der Waals surface area contributed by atoms with E-state index in [9.17, 15) is 4.79 Å². The Kier molecular flexibility index (Phi) is 4.12. The Hall–Kier alpha value is -1.30. The molecule has 1 heterocycles. The van der Waals surface area contributed by atoms with Crippen molar-refractivity contribution >= 4 is 11.7 Å². The van der Waals surface area contributed by atoms with Gasteiger partial charge in [0.05, 0.1) is 0 Å². The van der Waals surface area contributed by atoms with Crippen LogP contribution in [-0.2, 0) is 9.53 Å². The van der Waals surface area contributed by atoms with Crippen molar-refractivity contribution < 1.29 is 14.7 Å². The van der Waals surface area contributed by atoms with Crippen molar-refractivity contribution in [1.82, 2.24) is 5.32 Å². The van der Waals surface area contributed by atoms with Crippen molar-refractivity contribution in [2.75, 3.05) is 13.2 Å². The summed E-state index contributed by atoms with van der Waals surface area (Å²) in [6.45, 7) is 4.57. The summed E-state index contributed by atoms with van der Waals surface area (Å²) in [7, 11) is 0. The van der Waals surface area contributed by atoms with Gasteiger partial charge in [-0.15, -0.1) is 0 Å². The average molecular weight is 229 g/mol. The highest BCUT2D eigenvalue weighted by Crippen LogP contribution is 2.17. The van der Waals surface area contributed by atoms with E-state index < -0.39 is 5.41 Å². The molecular formula is C10H19N3O3. The number of hydrogen-bond acceptors (Lipinski definition) is 4. The highest BCUT2D eigenvalue weighted by Gasteiger charge is 2.34. The van der Waals surface area contributed by atoms with Gasteiger partial charge in [-0.2, -0.15) is 0 Å². The molecule has 0 spiro atoms. The van der Waals surface area contributed by atoms with Crippen LogP contribution in [0.2, 0.25) is 0 Å². The summed E-state index contributed by atoms with van der Waals surface area (Å²) < 4.78 is 5.20. The lowest BCUT2D eigenvalue weighted by atomic mass is 9.90. The molecule has 6 heteroatoms. The van der Waals surface area contributed by atoms with Gasteiger partial charge in [0, 0.05) is 19.3 Å². The number of hydrogen-bond donors (Lipinski definition) is 3. The van der Waals surface area contributed by atoms with Gasteiger partial charge >= 0.3 is 0 Å². The van der Waals surface area contributed by atoms with Crippen molar-refractivity contribution in [3.8, 4) is 0 Å². The third-order valence-electron chi connectivity index (χ3n) is 2.87. The maximum Gasteiger partial charge on any atom is 0.233 e. The van der Waals surface area contributed by atoms with Crippen LogP contribution in [0.4, 0.5) is 0 Å². The third kappa shape index (κ3) is 2.85. The molecule has 0 aromatic carbocycles.